The summed E-state index contributed by atoms with van der Waals surface area (Å²) in [6.45, 7) is 3.32. The molecule has 116 valence electrons. The van der Waals surface area contributed by atoms with Crippen molar-refractivity contribution >= 4 is 23.5 Å². The third-order valence-corrected chi connectivity index (χ3v) is 5.78. The van der Waals surface area contributed by atoms with Crippen molar-refractivity contribution in [1.29, 1.82) is 0 Å². The Morgan fingerprint density at radius 3 is 2.32 bits per heavy atom. The normalized spacial score (nSPS) is 17.5. The smallest absolute Gasteiger partial charge is 0.0312 e. The van der Waals surface area contributed by atoms with Crippen LogP contribution in [0.25, 0.3) is 0 Å². The molecular formula is C18H22N2S2. The molecule has 0 unspecified atom stereocenters. The molecule has 3 rings (SSSR count). The first kappa shape index (κ1) is 15.9. The van der Waals surface area contributed by atoms with Crippen molar-refractivity contribution < 1.29 is 0 Å². The predicted molar refractivity (Wildman–Crippen MR) is 98.3 cm³/mol. The minimum atomic E-state index is 1.01. The topological polar surface area (TPSA) is 16.1 Å². The van der Waals surface area contributed by atoms with Crippen molar-refractivity contribution in [3.8, 4) is 0 Å². The summed E-state index contributed by atoms with van der Waals surface area (Å²) in [6.07, 6.45) is 3.83. The van der Waals surface area contributed by atoms with Crippen molar-refractivity contribution in [3.05, 3.63) is 65.5 Å². The standard InChI is InChI=1S/C18H22N2S2/c1-3-16-11-17(4-1)15-22-10-8-20(7-9-21-14-16)13-18-5-2-6-19-12-18/h1-6,11-12H,7-10,13-15H2. The zero-order chi connectivity index (χ0) is 15.0. The molecule has 0 fully saturated rings. The molecule has 22 heavy (non-hydrogen) atoms. The molecule has 4 heteroatoms. The second-order valence-corrected chi connectivity index (χ2v) is 7.77. The van der Waals surface area contributed by atoms with E-state index in [0.717, 1.165) is 31.1 Å². The van der Waals surface area contributed by atoms with Gasteiger partial charge < -0.3 is 0 Å². The number of aromatic nitrogens is 1. The lowest BCUT2D eigenvalue weighted by Crippen LogP contribution is -2.28. The quantitative estimate of drug-likeness (QED) is 0.825. The third-order valence-electron chi connectivity index (χ3n) is 3.76. The van der Waals surface area contributed by atoms with Crippen LogP contribution in [0.5, 0.6) is 0 Å². The Bertz CT molecular complexity index is 547. The number of fused-ring (bicyclic) bond motifs is 2. The van der Waals surface area contributed by atoms with E-state index in [9.17, 15) is 0 Å². The molecule has 0 N–H and O–H groups in total. The van der Waals surface area contributed by atoms with Crippen molar-refractivity contribution in [1.82, 2.24) is 9.88 Å². The first-order chi connectivity index (χ1) is 10.9. The number of rotatable bonds is 2. The van der Waals surface area contributed by atoms with E-state index in [1.807, 2.05) is 42.0 Å². The Hall–Kier alpha value is -0.970. The molecule has 0 saturated carbocycles. The monoisotopic (exact) mass is 330 g/mol. The summed E-state index contributed by atoms with van der Waals surface area (Å²) in [5.74, 6) is 4.63. The van der Waals surface area contributed by atoms with Gasteiger partial charge in [-0.05, 0) is 22.8 Å². The number of hydrogen-bond donors (Lipinski definition) is 0. The van der Waals surface area contributed by atoms with Crippen LogP contribution < -0.4 is 0 Å². The van der Waals surface area contributed by atoms with E-state index >= 15 is 0 Å². The lowest BCUT2D eigenvalue weighted by atomic mass is 10.2. The Morgan fingerprint density at radius 2 is 1.68 bits per heavy atom. The molecule has 0 aliphatic carbocycles. The van der Waals surface area contributed by atoms with Gasteiger partial charge in [-0.2, -0.15) is 23.5 Å². The van der Waals surface area contributed by atoms with E-state index in [4.69, 9.17) is 0 Å². The van der Waals surface area contributed by atoms with Gasteiger partial charge in [-0.15, -0.1) is 0 Å². The summed E-state index contributed by atoms with van der Waals surface area (Å²) in [5, 5.41) is 0. The van der Waals surface area contributed by atoms with Crippen molar-refractivity contribution in [2.24, 2.45) is 0 Å². The van der Waals surface area contributed by atoms with Crippen LogP contribution in [-0.4, -0.2) is 34.5 Å². The minimum Gasteiger partial charge on any atom is -0.297 e. The van der Waals surface area contributed by atoms with Crippen LogP contribution in [0.3, 0.4) is 0 Å². The first-order valence-electron chi connectivity index (χ1n) is 7.75. The molecular weight excluding hydrogens is 308 g/mol. The van der Waals surface area contributed by atoms with Gasteiger partial charge in [0.05, 0.1) is 0 Å². The molecule has 1 aliphatic heterocycles. The second kappa shape index (κ2) is 8.61. The molecule has 2 nitrogen and oxygen atoms in total. The molecule has 2 heterocycles. The third kappa shape index (κ3) is 5.04. The van der Waals surface area contributed by atoms with Gasteiger partial charge in [0.2, 0.25) is 0 Å². The molecule has 0 amide bonds. The van der Waals surface area contributed by atoms with Gasteiger partial charge in [-0.1, -0.05) is 30.3 Å². The Balaban J connectivity index is 1.60. The maximum Gasteiger partial charge on any atom is 0.0312 e. The zero-order valence-electron chi connectivity index (χ0n) is 12.8. The second-order valence-electron chi connectivity index (χ2n) is 5.56. The minimum absolute atomic E-state index is 1.01. The van der Waals surface area contributed by atoms with E-state index in [2.05, 4.69) is 40.2 Å². The fourth-order valence-corrected chi connectivity index (χ4v) is 4.49. The Kier molecular flexibility index (Phi) is 6.22. The summed E-state index contributed by atoms with van der Waals surface area (Å²) in [5.41, 5.74) is 4.24. The molecule has 1 aromatic carbocycles. The molecule has 2 bridgehead atoms. The van der Waals surface area contributed by atoms with E-state index in [0.29, 0.717) is 0 Å². The van der Waals surface area contributed by atoms with Crippen LogP contribution >= 0.6 is 23.5 Å². The molecule has 0 spiro atoms. The average Bonchev–Trinajstić information content (AvgIpc) is 2.55. The maximum absolute atomic E-state index is 4.23. The van der Waals surface area contributed by atoms with Gasteiger partial charge >= 0.3 is 0 Å². The Labute approximate surface area is 141 Å². The lowest BCUT2D eigenvalue weighted by molar-refractivity contribution is 0.300. The van der Waals surface area contributed by atoms with E-state index < -0.39 is 0 Å². The van der Waals surface area contributed by atoms with Crippen molar-refractivity contribution in [2.75, 3.05) is 24.6 Å². The molecule has 1 aliphatic rings. The number of hydrogen-bond acceptors (Lipinski definition) is 4. The summed E-state index contributed by atoms with van der Waals surface area (Å²) in [4.78, 5) is 6.79. The van der Waals surface area contributed by atoms with Gasteiger partial charge in [0, 0.05) is 55.0 Å². The lowest BCUT2D eigenvalue weighted by Gasteiger charge is -2.22. The van der Waals surface area contributed by atoms with Gasteiger partial charge in [0.15, 0.2) is 0 Å². The predicted octanol–water partition coefficient (Wildman–Crippen LogP) is 4.06. The number of nitrogens with zero attached hydrogens (tertiary/aromatic N) is 2. The number of thioether (sulfide) groups is 2. The highest BCUT2D eigenvalue weighted by Crippen LogP contribution is 2.19. The highest BCUT2D eigenvalue weighted by atomic mass is 32.2. The molecule has 1 aromatic heterocycles. The van der Waals surface area contributed by atoms with Gasteiger partial charge in [0.25, 0.3) is 0 Å². The first-order valence-corrected chi connectivity index (χ1v) is 10.1. The zero-order valence-corrected chi connectivity index (χ0v) is 14.4. The highest BCUT2D eigenvalue weighted by Gasteiger charge is 2.08. The number of pyridine rings is 1. The Morgan fingerprint density at radius 1 is 0.955 bits per heavy atom. The van der Waals surface area contributed by atoms with Crippen LogP contribution in [0.2, 0.25) is 0 Å². The van der Waals surface area contributed by atoms with Crippen LogP contribution in [0.1, 0.15) is 16.7 Å². The fourth-order valence-electron chi connectivity index (χ4n) is 2.60. The van der Waals surface area contributed by atoms with Crippen molar-refractivity contribution in [3.63, 3.8) is 0 Å². The molecule has 0 saturated heterocycles. The maximum atomic E-state index is 4.23. The fraction of sp³-hybridized carbons (Fsp3) is 0.389. The summed E-state index contributed by atoms with van der Waals surface area (Å²) in [7, 11) is 0. The van der Waals surface area contributed by atoms with Crippen LogP contribution in [-0.2, 0) is 18.1 Å². The van der Waals surface area contributed by atoms with E-state index in [-0.39, 0.29) is 0 Å². The van der Waals surface area contributed by atoms with Crippen LogP contribution in [0.4, 0.5) is 0 Å². The summed E-state index contributed by atoms with van der Waals surface area (Å²) >= 11 is 4.08. The average molecular weight is 331 g/mol. The SMILES string of the molecule is c1cc2cc(c1)CSCCN(Cc1cccnc1)CCSC2. The summed E-state index contributed by atoms with van der Waals surface area (Å²) < 4.78 is 0. The van der Waals surface area contributed by atoms with Gasteiger partial charge in [-0.25, -0.2) is 0 Å². The van der Waals surface area contributed by atoms with E-state index in [1.165, 1.54) is 28.2 Å². The highest BCUT2D eigenvalue weighted by molar-refractivity contribution is 7.98. The molecule has 0 radical (unpaired) electrons. The summed E-state index contributed by atoms with van der Waals surface area (Å²) in [6, 6.07) is 13.3. The van der Waals surface area contributed by atoms with Crippen LogP contribution in [0.15, 0.2) is 48.8 Å². The molecule has 0 atom stereocenters. The van der Waals surface area contributed by atoms with Gasteiger partial charge in [-0.3, -0.25) is 9.88 Å². The van der Waals surface area contributed by atoms with Gasteiger partial charge in [0.1, 0.15) is 0 Å². The largest absolute Gasteiger partial charge is 0.297 e. The number of benzene rings is 1. The van der Waals surface area contributed by atoms with E-state index in [1.54, 1.807) is 0 Å². The van der Waals surface area contributed by atoms with Crippen LogP contribution in [0, 0.1) is 0 Å². The van der Waals surface area contributed by atoms with Crippen molar-refractivity contribution in [2.45, 2.75) is 18.1 Å². The molecule has 2 aromatic rings.